The summed E-state index contributed by atoms with van der Waals surface area (Å²) in [6.07, 6.45) is 0. The SMILES string of the molecule is O=P(Cl)(CBr)Oc1ccccc1. The van der Waals surface area contributed by atoms with Crippen molar-refractivity contribution in [1.29, 1.82) is 0 Å². The van der Waals surface area contributed by atoms with E-state index >= 15 is 0 Å². The number of hydrogen-bond acceptors (Lipinski definition) is 2. The van der Waals surface area contributed by atoms with E-state index in [2.05, 4.69) is 15.9 Å². The van der Waals surface area contributed by atoms with Crippen LogP contribution in [0.1, 0.15) is 0 Å². The molecule has 0 aliphatic rings. The Labute approximate surface area is 84.2 Å². The lowest BCUT2D eigenvalue weighted by molar-refractivity contribution is 0.503. The molecule has 1 rings (SSSR count). The van der Waals surface area contributed by atoms with Gasteiger partial charge in [-0.2, -0.15) is 0 Å². The number of alkyl halides is 1. The fourth-order valence-corrected chi connectivity index (χ4v) is 1.69. The van der Waals surface area contributed by atoms with Crippen molar-refractivity contribution in [2.45, 2.75) is 0 Å². The molecule has 1 aromatic rings. The predicted octanol–water partition coefficient (Wildman–Crippen LogP) is 3.85. The molecule has 0 heterocycles. The van der Waals surface area contributed by atoms with Crippen LogP contribution in [0.15, 0.2) is 30.3 Å². The van der Waals surface area contributed by atoms with Crippen molar-refractivity contribution in [1.82, 2.24) is 0 Å². The molecule has 12 heavy (non-hydrogen) atoms. The van der Waals surface area contributed by atoms with Gasteiger partial charge in [0.25, 0.3) is 0 Å². The summed E-state index contributed by atoms with van der Waals surface area (Å²) in [6, 6.07) is 8.84. The third-order valence-corrected chi connectivity index (χ3v) is 5.31. The van der Waals surface area contributed by atoms with E-state index in [0.717, 1.165) is 0 Å². The first-order valence-electron chi connectivity index (χ1n) is 3.23. The molecule has 0 aliphatic carbocycles. The van der Waals surface area contributed by atoms with Gasteiger partial charge in [0.2, 0.25) is 0 Å². The van der Waals surface area contributed by atoms with Crippen LogP contribution >= 0.6 is 33.9 Å². The second kappa shape index (κ2) is 4.31. The van der Waals surface area contributed by atoms with Crippen LogP contribution in [0.2, 0.25) is 0 Å². The summed E-state index contributed by atoms with van der Waals surface area (Å²) in [4.78, 5) is 0. The Balaban J connectivity index is 2.71. The average molecular weight is 269 g/mol. The highest BCUT2D eigenvalue weighted by Gasteiger charge is 2.18. The molecule has 0 aromatic heterocycles. The monoisotopic (exact) mass is 268 g/mol. The smallest absolute Gasteiger partial charge is 0.346 e. The summed E-state index contributed by atoms with van der Waals surface area (Å²) in [5.41, 5.74) is 0. The molecule has 2 nitrogen and oxygen atoms in total. The second-order valence-electron chi connectivity index (χ2n) is 2.11. The average Bonchev–Trinajstić information content (AvgIpc) is 2.06. The quantitative estimate of drug-likeness (QED) is 0.615. The van der Waals surface area contributed by atoms with E-state index < -0.39 is 6.72 Å². The van der Waals surface area contributed by atoms with E-state index in [-0.39, 0.29) is 5.07 Å². The Morgan fingerprint density at radius 2 is 2.00 bits per heavy atom. The first-order chi connectivity index (χ1) is 5.64. The zero-order chi connectivity index (χ0) is 9.03. The van der Waals surface area contributed by atoms with Gasteiger partial charge in [0, 0.05) is 0 Å². The fourth-order valence-electron chi connectivity index (χ4n) is 0.663. The lowest BCUT2D eigenvalue weighted by Crippen LogP contribution is -1.86. The Kier molecular flexibility index (Phi) is 3.63. The van der Waals surface area contributed by atoms with Gasteiger partial charge in [-0.25, -0.2) is 0 Å². The molecule has 66 valence electrons. The first kappa shape index (κ1) is 10.1. The minimum absolute atomic E-state index is 0.149. The maximum absolute atomic E-state index is 11.2. The van der Waals surface area contributed by atoms with Crippen LogP contribution in [0.4, 0.5) is 0 Å². The molecule has 0 amide bonds. The number of benzene rings is 1. The third kappa shape index (κ3) is 3.18. The molecule has 0 bridgehead atoms. The van der Waals surface area contributed by atoms with Gasteiger partial charge in [-0.1, -0.05) is 34.1 Å². The van der Waals surface area contributed by atoms with E-state index in [0.29, 0.717) is 5.75 Å². The third-order valence-electron chi connectivity index (χ3n) is 1.13. The van der Waals surface area contributed by atoms with Gasteiger partial charge in [-0.15, -0.1) is 0 Å². The summed E-state index contributed by atoms with van der Waals surface area (Å²) in [7, 11) is 0. The normalized spacial score (nSPS) is 15.2. The standard InChI is InChI=1S/C7H7BrClO2P/c8-6-12(9,10)11-7-4-2-1-3-5-7/h1-5H,6H2. The molecular weight excluding hydrogens is 262 g/mol. The Morgan fingerprint density at radius 3 is 2.50 bits per heavy atom. The molecule has 0 N–H and O–H groups in total. The van der Waals surface area contributed by atoms with E-state index in [1.165, 1.54) is 0 Å². The Morgan fingerprint density at radius 1 is 1.42 bits per heavy atom. The van der Waals surface area contributed by atoms with Crippen LogP contribution < -0.4 is 4.52 Å². The molecule has 1 atom stereocenters. The van der Waals surface area contributed by atoms with Crippen molar-refractivity contribution in [3.05, 3.63) is 30.3 Å². The van der Waals surface area contributed by atoms with Crippen LogP contribution in [0, 0.1) is 0 Å². The van der Waals surface area contributed by atoms with Gasteiger partial charge in [-0.3, -0.25) is 4.57 Å². The zero-order valence-electron chi connectivity index (χ0n) is 6.11. The van der Waals surface area contributed by atoms with Crippen LogP contribution in [0.25, 0.3) is 0 Å². The topological polar surface area (TPSA) is 26.3 Å². The lowest BCUT2D eigenvalue weighted by Gasteiger charge is -2.08. The number of para-hydroxylation sites is 1. The minimum Gasteiger partial charge on any atom is -0.432 e. The lowest BCUT2D eigenvalue weighted by atomic mass is 10.3. The van der Waals surface area contributed by atoms with Crippen molar-refractivity contribution in [3.8, 4) is 5.75 Å². The molecule has 1 unspecified atom stereocenters. The van der Waals surface area contributed by atoms with Crippen molar-refractivity contribution in [2.24, 2.45) is 0 Å². The van der Waals surface area contributed by atoms with Crippen molar-refractivity contribution < 1.29 is 9.09 Å². The molecular formula is C7H7BrClO2P. The summed E-state index contributed by atoms with van der Waals surface area (Å²) in [6.45, 7) is -3.01. The van der Waals surface area contributed by atoms with Gasteiger partial charge in [-0.05, 0) is 23.4 Å². The summed E-state index contributed by atoms with van der Waals surface area (Å²) >= 11 is 8.55. The van der Waals surface area contributed by atoms with E-state index in [4.69, 9.17) is 15.8 Å². The maximum Gasteiger partial charge on any atom is 0.346 e. The molecule has 0 fully saturated rings. The molecule has 1 aromatic carbocycles. The molecule has 0 saturated carbocycles. The number of hydrogen-bond donors (Lipinski definition) is 0. The van der Waals surface area contributed by atoms with E-state index in [9.17, 15) is 4.57 Å². The van der Waals surface area contributed by atoms with Crippen molar-refractivity contribution >= 4 is 33.9 Å². The summed E-state index contributed by atoms with van der Waals surface area (Å²) < 4.78 is 16.3. The molecule has 0 spiro atoms. The summed E-state index contributed by atoms with van der Waals surface area (Å²) in [5, 5.41) is 0.149. The molecule has 0 saturated heterocycles. The highest BCUT2D eigenvalue weighted by atomic mass is 79.9. The van der Waals surface area contributed by atoms with Crippen LogP contribution in [-0.4, -0.2) is 5.07 Å². The Bertz CT molecular complexity index is 291. The second-order valence-corrected chi connectivity index (χ2v) is 6.77. The predicted molar refractivity (Wildman–Crippen MR) is 54.3 cm³/mol. The molecule has 5 heteroatoms. The van der Waals surface area contributed by atoms with Gasteiger partial charge in [0.1, 0.15) is 10.8 Å². The molecule has 0 aliphatic heterocycles. The largest absolute Gasteiger partial charge is 0.432 e. The number of rotatable bonds is 3. The minimum atomic E-state index is -3.01. The van der Waals surface area contributed by atoms with E-state index in [1.807, 2.05) is 6.07 Å². The van der Waals surface area contributed by atoms with Gasteiger partial charge < -0.3 is 4.52 Å². The van der Waals surface area contributed by atoms with Crippen LogP contribution in [-0.2, 0) is 4.57 Å². The van der Waals surface area contributed by atoms with E-state index in [1.54, 1.807) is 24.3 Å². The first-order valence-corrected chi connectivity index (χ1v) is 7.07. The Hall–Kier alpha value is 0.0200. The fraction of sp³-hybridized carbons (Fsp3) is 0.143. The van der Waals surface area contributed by atoms with Crippen molar-refractivity contribution in [3.63, 3.8) is 0 Å². The highest BCUT2D eigenvalue weighted by Crippen LogP contribution is 2.53. The van der Waals surface area contributed by atoms with Gasteiger partial charge in [0.15, 0.2) is 0 Å². The van der Waals surface area contributed by atoms with Gasteiger partial charge in [0.05, 0.1) is 0 Å². The summed E-state index contributed by atoms with van der Waals surface area (Å²) in [5.74, 6) is 0.523. The number of halogens is 2. The highest BCUT2D eigenvalue weighted by molar-refractivity contribution is 9.10. The van der Waals surface area contributed by atoms with Gasteiger partial charge >= 0.3 is 6.72 Å². The maximum atomic E-state index is 11.2. The van der Waals surface area contributed by atoms with Crippen LogP contribution in [0.3, 0.4) is 0 Å². The molecule has 0 radical (unpaired) electrons. The van der Waals surface area contributed by atoms with Crippen molar-refractivity contribution in [2.75, 3.05) is 5.07 Å². The van der Waals surface area contributed by atoms with Crippen LogP contribution in [0.5, 0.6) is 5.75 Å². The zero-order valence-corrected chi connectivity index (χ0v) is 9.35.